The van der Waals surface area contributed by atoms with E-state index in [0.717, 1.165) is 31.3 Å². The Morgan fingerprint density at radius 2 is 2.05 bits per heavy atom. The van der Waals surface area contributed by atoms with Crippen molar-refractivity contribution in [2.24, 2.45) is 0 Å². The number of unbranched alkanes of at least 4 members (excludes halogenated alkanes) is 2. The van der Waals surface area contributed by atoms with Crippen molar-refractivity contribution in [3.8, 4) is 0 Å². The number of aryl methyl sites for hydroxylation is 1. The van der Waals surface area contributed by atoms with Gasteiger partial charge in [-0.15, -0.1) is 0 Å². The molecule has 1 heterocycles. The second-order valence-electron chi connectivity index (χ2n) is 4.75. The molecule has 0 fully saturated rings. The standard InChI is InChI=1S/C13H17BN2O4/c17-13(18)10-5-4-6-11-12(10)15-9-16(11)8-3-1-2-7-14(19)20/h4-6,9,19-20H,1-3,7-8H2,(H,17,18). The molecule has 0 aliphatic carbocycles. The molecule has 0 bridgehead atoms. The summed E-state index contributed by atoms with van der Waals surface area (Å²) in [5, 5.41) is 26.6. The van der Waals surface area contributed by atoms with E-state index in [1.165, 1.54) is 0 Å². The van der Waals surface area contributed by atoms with E-state index in [4.69, 9.17) is 15.2 Å². The molecule has 2 aromatic rings. The summed E-state index contributed by atoms with van der Waals surface area (Å²) in [6.07, 6.45) is 4.56. The first-order valence-electron chi connectivity index (χ1n) is 6.63. The lowest BCUT2D eigenvalue weighted by atomic mass is 9.83. The van der Waals surface area contributed by atoms with Crippen LogP contribution in [0.2, 0.25) is 6.32 Å². The Balaban J connectivity index is 2.01. The van der Waals surface area contributed by atoms with Crippen LogP contribution in [-0.2, 0) is 6.54 Å². The number of carboxylic acid groups (broad SMARTS) is 1. The lowest BCUT2D eigenvalue weighted by molar-refractivity contribution is 0.0699. The highest BCUT2D eigenvalue weighted by molar-refractivity contribution is 6.40. The minimum Gasteiger partial charge on any atom is -0.478 e. The first kappa shape index (κ1) is 14.6. The number of aromatic carboxylic acids is 1. The van der Waals surface area contributed by atoms with Crippen LogP contribution < -0.4 is 0 Å². The smallest absolute Gasteiger partial charge is 0.451 e. The fourth-order valence-corrected chi connectivity index (χ4v) is 2.22. The number of imidazole rings is 1. The van der Waals surface area contributed by atoms with Gasteiger partial charge in [0, 0.05) is 6.54 Å². The zero-order chi connectivity index (χ0) is 14.5. The lowest BCUT2D eigenvalue weighted by Crippen LogP contribution is -2.09. The zero-order valence-corrected chi connectivity index (χ0v) is 11.1. The third-order valence-corrected chi connectivity index (χ3v) is 3.24. The number of nitrogens with zero attached hydrogens (tertiary/aromatic N) is 2. The Kier molecular flexibility index (Phi) is 4.76. The van der Waals surface area contributed by atoms with Crippen molar-refractivity contribution in [3.63, 3.8) is 0 Å². The normalized spacial score (nSPS) is 10.9. The average molecular weight is 276 g/mol. The molecule has 2 rings (SSSR count). The summed E-state index contributed by atoms with van der Waals surface area (Å²) in [5.74, 6) is -0.974. The molecule has 0 spiro atoms. The van der Waals surface area contributed by atoms with Gasteiger partial charge in [-0.25, -0.2) is 9.78 Å². The van der Waals surface area contributed by atoms with Crippen LogP contribution in [-0.4, -0.2) is 37.8 Å². The molecule has 0 amide bonds. The number of carboxylic acids is 1. The summed E-state index contributed by atoms with van der Waals surface area (Å²) in [6.45, 7) is 0.737. The first-order chi connectivity index (χ1) is 9.59. The van der Waals surface area contributed by atoms with Crippen LogP contribution in [0.25, 0.3) is 11.0 Å². The topological polar surface area (TPSA) is 95.6 Å². The van der Waals surface area contributed by atoms with Crippen molar-refractivity contribution in [1.29, 1.82) is 0 Å². The van der Waals surface area contributed by atoms with Gasteiger partial charge in [-0.05, 0) is 24.9 Å². The van der Waals surface area contributed by atoms with Gasteiger partial charge >= 0.3 is 13.1 Å². The second kappa shape index (κ2) is 6.54. The molecule has 20 heavy (non-hydrogen) atoms. The highest BCUT2D eigenvalue weighted by Gasteiger charge is 2.12. The molecule has 0 aliphatic heterocycles. The molecule has 1 aromatic heterocycles. The van der Waals surface area contributed by atoms with Gasteiger partial charge in [-0.1, -0.05) is 18.9 Å². The Morgan fingerprint density at radius 3 is 2.75 bits per heavy atom. The minimum absolute atomic E-state index is 0.213. The Labute approximate surface area is 116 Å². The molecule has 0 saturated carbocycles. The van der Waals surface area contributed by atoms with Crippen LogP contribution in [0.4, 0.5) is 0 Å². The van der Waals surface area contributed by atoms with Gasteiger partial charge in [0.1, 0.15) is 5.52 Å². The number of aromatic nitrogens is 2. The monoisotopic (exact) mass is 276 g/mol. The van der Waals surface area contributed by atoms with Crippen LogP contribution in [0.3, 0.4) is 0 Å². The highest BCUT2D eigenvalue weighted by Crippen LogP contribution is 2.18. The van der Waals surface area contributed by atoms with E-state index in [9.17, 15) is 4.79 Å². The molecular weight excluding hydrogens is 259 g/mol. The van der Waals surface area contributed by atoms with Crippen LogP contribution in [0, 0.1) is 0 Å². The van der Waals surface area contributed by atoms with Gasteiger partial charge in [0.05, 0.1) is 17.4 Å². The van der Waals surface area contributed by atoms with Gasteiger partial charge in [-0.2, -0.15) is 0 Å². The summed E-state index contributed by atoms with van der Waals surface area (Å²) in [6, 6.07) is 5.11. The van der Waals surface area contributed by atoms with E-state index < -0.39 is 13.1 Å². The van der Waals surface area contributed by atoms with Crippen LogP contribution in [0.1, 0.15) is 29.6 Å². The number of hydrogen-bond donors (Lipinski definition) is 3. The maximum atomic E-state index is 11.1. The Bertz CT molecular complexity index is 597. The summed E-state index contributed by atoms with van der Waals surface area (Å²) in [7, 11) is -1.23. The van der Waals surface area contributed by atoms with Crippen LogP contribution >= 0.6 is 0 Å². The van der Waals surface area contributed by atoms with E-state index in [1.54, 1.807) is 18.5 Å². The molecule has 6 nitrogen and oxygen atoms in total. The molecule has 0 radical (unpaired) electrons. The summed E-state index contributed by atoms with van der Waals surface area (Å²) in [4.78, 5) is 15.3. The molecular formula is C13H17BN2O4. The third kappa shape index (κ3) is 3.37. The molecule has 0 saturated heterocycles. The number of para-hydroxylation sites is 1. The van der Waals surface area contributed by atoms with E-state index in [-0.39, 0.29) is 5.56 Å². The van der Waals surface area contributed by atoms with Crippen molar-refractivity contribution >= 4 is 24.1 Å². The van der Waals surface area contributed by atoms with Crippen molar-refractivity contribution in [3.05, 3.63) is 30.1 Å². The van der Waals surface area contributed by atoms with E-state index >= 15 is 0 Å². The van der Waals surface area contributed by atoms with Gasteiger partial charge in [0.25, 0.3) is 0 Å². The lowest BCUT2D eigenvalue weighted by Gasteiger charge is -2.05. The molecule has 106 valence electrons. The minimum atomic E-state index is -1.23. The summed E-state index contributed by atoms with van der Waals surface area (Å²) >= 11 is 0. The maximum absolute atomic E-state index is 11.1. The predicted octanol–water partition coefficient (Wildman–Crippen LogP) is 1.38. The molecule has 3 N–H and O–H groups in total. The SMILES string of the molecule is O=C(O)c1cccc2c1ncn2CCCCCB(O)O. The van der Waals surface area contributed by atoms with Crippen molar-refractivity contribution in [1.82, 2.24) is 9.55 Å². The maximum Gasteiger partial charge on any atom is 0.451 e. The Morgan fingerprint density at radius 1 is 1.25 bits per heavy atom. The third-order valence-electron chi connectivity index (χ3n) is 3.24. The number of carbonyl (C=O) groups is 1. The zero-order valence-electron chi connectivity index (χ0n) is 11.1. The van der Waals surface area contributed by atoms with Gasteiger partial charge < -0.3 is 19.7 Å². The molecule has 7 heteroatoms. The average Bonchev–Trinajstić information content (AvgIpc) is 2.81. The largest absolute Gasteiger partial charge is 0.478 e. The first-order valence-corrected chi connectivity index (χ1v) is 6.63. The number of hydrogen-bond acceptors (Lipinski definition) is 4. The molecule has 0 unspecified atom stereocenters. The quantitative estimate of drug-likeness (QED) is 0.524. The molecule has 0 atom stereocenters. The summed E-state index contributed by atoms with van der Waals surface area (Å²) in [5.41, 5.74) is 1.53. The van der Waals surface area contributed by atoms with Crippen LogP contribution in [0.15, 0.2) is 24.5 Å². The fraction of sp³-hybridized carbons (Fsp3) is 0.385. The number of benzene rings is 1. The van der Waals surface area contributed by atoms with Crippen molar-refractivity contribution in [2.45, 2.75) is 32.1 Å². The van der Waals surface area contributed by atoms with Gasteiger partial charge in [-0.3, -0.25) is 0 Å². The molecule has 0 aliphatic rings. The van der Waals surface area contributed by atoms with E-state index in [1.807, 2.05) is 10.6 Å². The highest BCUT2D eigenvalue weighted by atomic mass is 16.4. The number of rotatable bonds is 7. The van der Waals surface area contributed by atoms with Gasteiger partial charge in [0.15, 0.2) is 0 Å². The predicted molar refractivity (Wildman–Crippen MR) is 75.5 cm³/mol. The second-order valence-corrected chi connectivity index (χ2v) is 4.75. The summed E-state index contributed by atoms with van der Waals surface area (Å²) < 4.78 is 1.93. The van der Waals surface area contributed by atoms with E-state index in [2.05, 4.69) is 4.98 Å². The van der Waals surface area contributed by atoms with Crippen molar-refractivity contribution in [2.75, 3.05) is 0 Å². The molecule has 1 aromatic carbocycles. The van der Waals surface area contributed by atoms with E-state index in [0.29, 0.717) is 11.8 Å². The number of fused-ring (bicyclic) bond motifs is 1. The fourth-order valence-electron chi connectivity index (χ4n) is 2.22. The van der Waals surface area contributed by atoms with Crippen LogP contribution in [0.5, 0.6) is 0 Å². The Hall–Kier alpha value is -1.86. The van der Waals surface area contributed by atoms with Crippen molar-refractivity contribution < 1.29 is 19.9 Å². The van der Waals surface area contributed by atoms with Gasteiger partial charge in [0.2, 0.25) is 0 Å².